The van der Waals surface area contributed by atoms with E-state index in [9.17, 15) is 14.4 Å². The van der Waals surface area contributed by atoms with Gasteiger partial charge in [0.1, 0.15) is 5.75 Å². The topological polar surface area (TPSA) is 72.9 Å². The Hall–Kier alpha value is -3.15. The maximum absolute atomic E-state index is 11.7. The van der Waals surface area contributed by atoms with Crippen LogP contribution >= 0.6 is 0 Å². The van der Waals surface area contributed by atoms with Crippen molar-refractivity contribution >= 4 is 17.8 Å². The van der Waals surface area contributed by atoms with E-state index in [1.54, 1.807) is 25.3 Å². The summed E-state index contributed by atoms with van der Waals surface area (Å²) < 4.78 is 4.97. The smallest absolute Gasteiger partial charge is 0.363 e. The van der Waals surface area contributed by atoms with Crippen molar-refractivity contribution in [2.45, 2.75) is 26.7 Å². The molecule has 3 rings (SSSR count). The number of methoxy groups -OCH3 is 1. The SMILES string of the molecule is COc1ccc(C)cc1.Cc1cccc(C(=O)ON2C(=O)CCC2=O)c1. The normalized spacial score (nSPS) is 13.1. The summed E-state index contributed by atoms with van der Waals surface area (Å²) in [7, 11) is 1.67. The van der Waals surface area contributed by atoms with Gasteiger partial charge in [0.25, 0.3) is 11.8 Å². The number of benzene rings is 2. The van der Waals surface area contributed by atoms with E-state index in [1.165, 1.54) is 5.56 Å². The molecule has 0 spiro atoms. The van der Waals surface area contributed by atoms with E-state index in [1.807, 2.05) is 37.3 Å². The minimum absolute atomic E-state index is 0.0972. The minimum Gasteiger partial charge on any atom is -0.497 e. The quantitative estimate of drug-likeness (QED) is 0.791. The van der Waals surface area contributed by atoms with Crippen molar-refractivity contribution in [2.24, 2.45) is 0 Å². The van der Waals surface area contributed by atoms with Crippen molar-refractivity contribution in [3.8, 4) is 5.75 Å². The van der Waals surface area contributed by atoms with Crippen LogP contribution in [0.2, 0.25) is 0 Å². The van der Waals surface area contributed by atoms with Gasteiger partial charge in [0.2, 0.25) is 0 Å². The van der Waals surface area contributed by atoms with Crippen molar-refractivity contribution in [2.75, 3.05) is 7.11 Å². The van der Waals surface area contributed by atoms with E-state index in [0.29, 0.717) is 10.6 Å². The molecular weight excluding hydrogens is 334 g/mol. The lowest BCUT2D eigenvalue weighted by Gasteiger charge is -2.12. The first-order valence-corrected chi connectivity index (χ1v) is 8.16. The molecule has 0 radical (unpaired) electrons. The molecule has 136 valence electrons. The second-order valence-corrected chi connectivity index (χ2v) is 5.85. The Labute approximate surface area is 152 Å². The average Bonchev–Trinajstić information content (AvgIpc) is 2.95. The van der Waals surface area contributed by atoms with E-state index in [2.05, 4.69) is 6.92 Å². The number of amides is 2. The van der Waals surface area contributed by atoms with E-state index in [4.69, 9.17) is 9.57 Å². The van der Waals surface area contributed by atoms with Crippen molar-refractivity contribution in [1.82, 2.24) is 5.06 Å². The van der Waals surface area contributed by atoms with Crippen LogP contribution in [0.15, 0.2) is 48.5 Å². The van der Waals surface area contributed by atoms with Gasteiger partial charge in [-0.2, -0.15) is 0 Å². The molecule has 1 aliphatic rings. The molecule has 2 aromatic carbocycles. The summed E-state index contributed by atoms with van der Waals surface area (Å²) in [4.78, 5) is 38.9. The number of carbonyl (C=O) groups excluding carboxylic acids is 3. The fraction of sp³-hybridized carbons (Fsp3) is 0.250. The lowest BCUT2D eigenvalue weighted by molar-refractivity contribution is -0.172. The van der Waals surface area contributed by atoms with Crippen LogP contribution in [0, 0.1) is 13.8 Å². The maximum Gasteiger partial charge on any atom is 0.363 e. The summed E-state index contributed by atoms with van der Waals surface area (Å²) in [5, 5.41) is 0.546. The van der Waals surface area contributed by atoms with Crippen LogP contribution in [0.4, 0.5) is 0 Å². The second kappa shape index (κ2) is 8.80. The highest BCUT2D eigenvalue weighted by Crippen LogP contribution is 2.14. The van der Waals surface area contributed by atoms with Gasteiger partial charge < -0.3 is 9.57 Å². The summed E-state index contributed by atoms with van der Waals surface area (Å²) in [5.74, 6) is -0.732. The molecule has 0 N–H and O–H groups in total. The first-order valence-electron chi connectivity index (χ1n) is 8.16. The maximum atomic E-state index is 11.7. The van der Waals surface area contributed by atoms with Crippen LogP contribution in [0.5, 0.6) is 5.75 Å². The number of hydrogen-bond donors (Lipinski definition) is 0. The predicted molar refractivity (Wildman–Crippen MR) is 95.4 cm³/mol. The number of carbonyl (C=O) groups is 3. The fourth-order valence-electron chi connectivity index (χ4n) is 2.24. The fourth-order valence-corrected chi connectivity index (χ4v) is 2.24. The zero-order valence-electron chi connectivity index (χ0n) is 15.0. The van der Waals surface area contributed by atoms with Crippen LogP contribution in [0.25, 0.3) is 0 Å². The Balaban J connectivity index is 0.000000228. The van der Waals surface area contributed by atoms with Gasteiger partial charge in [0.15, 0.2) is 0 Å². The lowest BCUT2D eigenvalue weighted by atomic mass is 10.1. The molecule has 0 aromatic heterocycles. The molecule has 0 aliphatic carbocycles. The molecule has 26 heavy (non-hydrogen) atoms. The first kappa shape index (κ1) is 19.2. The highest BCUT2D eigenvalue weighted by atomic mass is 16.7. The molecule has 1 saturated heterocycles. The van der Waals surface area contributed by atoms with Gasteiger partial charge in [-0.3, -0.25) is 9.59 Å². The molecular formula is C20H21NO5. The summed E-state index contributed by atoms with van der Waals surface area (Å²) in [6.07, 6.45) is 0.194. The first-order chi connectivity index (χ1) is 12.4. The molecule has 1 fully saturated rings. The molecule has 0 unspecified atom stereocenters. The summed E-state index contributed by atoms with van der Waals surface area (Å²) in [6, 6.07) is 14.7. The highest BCUT2D eigenvalue weighted by Gasteiger charge is 2.33. The van der Waals surface area contributed by atoms with E-state index >= 15 is 0 Å². The van der Waals surface area contributed by atoms with E-state index in [-0.39, 0.29) is 12.8 Å². The Morgan fingerprint density at radius 1 is 0.923 bits per heavy atom. The van der Waals surface area contributed by atoms with Crippen LogP contribution in [0.1, 0.15) is 34.3 Å². The number of imide groups is 1. The van der Waals surface area contributed by atoms with Gasteiger partial charge >= 0.3 is 5.97 Å². The van der Waals surface area contributed by atoms with Crippen molar-refractivity contribution < 1.29 is 24.0 Å². The van der Waals surface area contributed by atoms with E-state index in [0.717, 1.165) is 11.3 Å². The summed E-state index contributed by atoms with van der Waals surface area (Å²) >= 11 is 0. The third-order valence-electron chi connectivity index (χ3n) is 3.69. The Morgan fingerprint density at radius 2 is 1.54 bits per heavy atom. The zero-order valence-corrected chi connectivity index (χ0v) is 15.0. The molecule has 0 saturated carbocycles. The summed E-state index contributed by atoms with van der Waals surface area (Å²) in [5.41, 5.74) is 2.48. The number of ether oxygens (including phenoxy) is 1. The second-order valence-electron chi connectivity index (χ2n) is 5.85. The number of hydrogen-bond acceptors (Lipinski definition) is 5. The number of rotatable bonds is 3. The third-order valence-corrected chi connectivity index (χ3v) is 3.69. The van der Waals surface area contributed by atoms with Gasteiger partial charge in [0.05, 0.1) is 12.7 Å². The van der Waals surface area contributed by atoms with Gasteiger partial charge in [-0.1, -0.05) is 35.4 Å². The Bertz CT molecular complexity index is 782. The van der Waals surface area contributed by atoms with Gasteiger partial charge in [0, 0.05) is 12.8 Å². The van der Waals surface area contributed by atoms with Crippen molar-refractivity contribution in [3.63, 3.8) is 0 Å². The van der Waals surface area contributed by atoms with Crippen LogP contribution < -0.4 is 4.74 Å². The van der Waals surface area contributed by atoms with Gasteiger partial charge in [-0.15, -0.1) is 5.06 Å². The summed E-state index contributed by atoms with van der Waals surface area (Å²) in [6.45, 7) is 3.89. The zero-order chi connectivity index (χ0) is 19.1. The number of nitrogens with zero attached hydrogens (tertiary/aromatic N) is 1. The molecule has 1 aliphatic heterocycles. The number of aryl methyl sites for hydroxylation is 2. The standard InChI is InChI=1S/C12H11NO4.C8H10O/c1-8-3-2-4-9(7-8)12(16)17-13-10(14)5-6-11(13)15;1-7-3-5-8(9-2)6-4-7/h2-4,7H,5-6H2,1H3;3-6H,1-2H3. The average molecular weight is 355 g/mol. The third kappa shape index (κ3) is 5.17. The molecule has 2 aromatic rings. The molecule has 0 atom stereocenters. The molecule has 6 nitrogen and oxygen atoms in total. The van der Waals surface area contributed by atoms with Crippen molar-refractivity contribution in [1.29, 1.82) is 0 Å². The Kier molecular flexibility index (Phi) is 6.49. The van der Waals surface area contributed by atoms with Crippen molar-refractivity contribution in [3.05, 3.63) is 65.2 Å². The molecule has 0 bridgehead atoms. The van der Waals surface area contributed by atoms with Crippen LogP contribution in [-0.2, 0) is 14.4 Å². The highest BCUT2D eigenvalue weighted by molar-refractivity contribution is 6.02. The number of hydroxylamine groups is 2. The lowest BCUT2D eigenvalue weighted by Crippen LogP contribution is -2.32. The minimum atomic E-state index is -0.697. The monoisotopic (exact) mass is 355 g/mol. The van der Waals surface area contributed by atoms with Gasteiger partial charge in [-0.25, -0.2) is 4.79 Å². The van der Waals surface area contributed by atoms with E-state index < -0.39 is 17.8 Å². The molecule has 2 amide bonds. The largest absolute Gasteiger partial charge is 0.497 e. The molecule has 1 heterocycles. The predicted octanol–water partition coefficient (Wildman–Crippen LogP) is 3.22. The Morgan fingerprint density at radius 3 is 2.08 bits per heavy atom. The van der Waals surface area contributed by atoms with Crippen LogP contribution in [0.3, 0.4) is 0 Å². The molecule has 6 heteroatoms. The van der Waals surface area contributed by atoms with Crippen LogP contribution in [-0.4, -0.2) is 30.0 Å². The van der Waals surface area contributed by atoms with Gasteiger partial charge in [-0.05, 0) is 38.1 Å².